The van der Waals surface area contributed by atoms with Gasteiger partial charge in [-0.25, -0.2) is 0 Å². The summed E-state index contributed by atoms with van der Waals surface area (Å²) in [5.74, 6) is -1.77. The van der Waals surface area contributed by atoms with Crippen molar-refractivity contribution in [3.8, 4) is 28.7 Å². The number of phenolic OH excluding ortho intramolecular Hbond substituents is 3. The Balaban J connectivity index is 1.38. The standard InChI is InChI=1S/C30H38O14/c1-13-3-2-4-17(33)26(37)24(41-13)12-40-29-28(39)27(38)23(11-31)44-30(29)42-15-8-19(35)25-20(36)10-21(43-22(25)9-15)14-5-6-16(32)18(34)7-14/h5-9,13,17,21,23-24,26-35,37-39H,2-4,10-12H2,1H3/t13-,17+,21-,23+,24-,26+,27+,28-,29+,30+/m0/s1. The number of phenols is 3. The fourth-order valence-electron chi connectivity index (χ4n) is 5.70. The van der Waals surface area contributed by atoms with Crippen molar-refractivity contribution < 1.29 is 69.3 Å². The number of benzene rings is 2. The Morgan fingerprint density at radius 1 is 0.886 bits per heavy atom. The highest BCUT2D eigenvalue weighted by atomic mass is 16.7. The van der Waals surface area contributed by atoms with E-state index in [-0.39, 0.29) is 41.9 Å². The predicted molar refractivity (Wildman–Crippen MR) is 149 cm³/mol. The second kappa shape index (κ2) is 13.4. The number of ether oxygens (including phenoxy) is 5. The van der Waals surface area contributed by atoms with Crippen LogP contribution < -0.4 is 9.47 Å². The van der Waals surface area contributed by atoms with E-state index < -0.39 is 79.0 Å². The van der Waals surface area contributed by atoms with E-state index in [2.05, 4.69) is 0 Å². The van der Waals surface area contributed by atoms with E-state index in [4.69, 9.17) is 23.7 Å². The summed E-state index contributed by atoms with van der Waals surface area (Å²) in [6.07, 6.45) is -10.2. The molecule has 2 aromatic rings. The van der Waals surface area contributed by atoms with Gasteiger partial charge in [0, 0.05) is 12.1 Å². The lowest BCUT2D eigenvalue weighted by Gasteiger charge is -2.42. The van der Waals surface area contributed by atoms with E-state index in [9.17, 15) is 45.6 Å². The van der Waals surface area contributed by atoms with Crippen molar-refractivity contribution >= 4 is 5.78 Å². The molecule has 2 aromatic carbocycles. The van der Waals surface area contributed by atoms with E-state index in [1.807, 2.05) is 6.92 Å². The maximum absolute atomic E-state index is 12.9. The minimum absolute atomic E-state index is 0.0459. The number of aliphatic hydroxyl groups is 5. The number of carbonyl (C=O) groups is 1. The van der Waals surface area contributed by atoms with Crippen molar-refractivity contribution in [1.29, 1.82) is 0 Å². The van der Waals surface area contributed by atoms with E-state index >= 15 is 0 Å². The number of fused-ring (bicyclic) bond motifs is 1. The molecule has 0 saturated carbocycles. The molecule has 0 radical (unpaired) electrons. The average molecular weight is 623 g/mol. The first-order chi connectivity index (χ1) is 21.0. The number of Topliss-reactive ketones (excluding diaryl/α,β-unsaturated/α-hetero) is 1. The molecule has 0 amide bonds. The van der Waals surface area contributed by atoms with Crippen molar-refractivity contribution in [3.05, 3.63) is 41.5 Å². The fraction of sp³-hybridized carbons (Fsp3) is 0.567. The molecule has 3 aliphatic rings. The molecule has 44 heavy (non-hydrogen) atoms. The van der Waals surface area contributed by atoms with E-state index in [0.29, 0.717) is 24.8 Å². The van der Waals surface area contributed by atoms with Gasteiger partial charge in [-0.15, -0.1) is 0 Å². The molecule has 3 aliphatic heterocycles. The first-order valence-corrected chi connectivity index (χ1v) is 14.5. The minimum Gasteiger partial charge on any atom is -0.507 e. The summed E-state index contributed by atoms with van der Waals surface area (Å²) in [5.41, 5.74) is 0.302. The molecule has 14 nitrogen and oxygen atoms in total. The van der Waals surface area contributed by atoms with Crippen LogP contribution in [-0.4, -0.2) is 115 Å². The molecule has 14 heteroatoms. The molecule has 0 aromatic heterocycles. The third-order valence-corrected chi connectivity index (χ3v) is 8.17. The molecule has 8 N–H and O–H groups in total. The summed E-state index contributed by atoms with van der Waals surface area (Å²) in [6, 6.07) is 6.44. The second-order valence-electron chi connectivity index (χ2n) is 11.4. The van der Waals surface area contributed by atoms with E-state index in [0.717, 1.165) is 6.07 Å². The summed E-state index contributed by atoms with van der Waals surface area (Å²) < 4.78 is 29.3. The SMILES string of the molecule is C[C@H]1CCC[C@@H](O)[C@@H](O)[C@H](CO[C@H]2[C@H](Oc3cc(O)c4c(c3)O[C@H](c3ccc(O)c(O)c3)CC4=O)O[C@H](CO)[C@@H](O)[C@@H]2O)O1. The van der Waals surface area contributed by atoms with Gasteiger partial charge < -0.3 is 64.5 Å². The normalized spacial score (nSPS) is 34.4. The molecule has 242 valence electrons. The number of aromatic hydroxyl groups is 3. The molecule has 3 heterocycles. The van der Waals surface area contributed by atoms with Crippen molar-refractivity contribution in [2.45, 2.75) is 93.8 Å². The zero-order valence-corrected chi connectivity index (χ0v) is 23.9. The molecule has 10 atom stereocenters. The highest BCUT2D eigenvalue weighted by Crippen LogP contribution is 2.43. The zero-order chi connectivity index (χ0) is 31.7. The van der Waals surface area contributed by atoms with Gasteiger partial charge in [0.05, 0.1) is 31.8 Å². The first-order valence-electron chi connectivity index (χ1n) is 14.5. The number of ketones is 1. The third-order valence-electron chi connectivity index (χ3n) is 8.17. The molecule has 0 aliphatic carbocycles. The summed E-state index contributed by atoms with van der Waals surface area (Å²) >= 11 is 0. The minimum atomic E-state index is -1.63. The van der Waals surface area contributed by atoms with Gasteiger partial charge in [0.25, 0.3) is 0 Å². The van der Waals surface area contributed by atoms with Crippen LogP contribution in [-0.2, 0) is 14.2 Å². The summed E-state index contributed by atoms with van der Waals surface area (Å²) in [6.45, 7) is 0.827. The molecule has 0 bridgehead atoms. The number of rotatable bonds is 7. The smallest absolute Gasteiger partial charge is 0.229 e. The quantitative estimate of drug-likeness (QED) is 0.196. The van der Waals surface area contributed by atoms with Gasteiger partial charge >= 0.3 is 0 Å². The lowest BCUT2D eigenvalue weighted by Crippen LogP contribution is -2.61. The van der Waals surface area contributed by atoms with E-state index in [1.165, 1.54) is 24.3 Å². The molecule has 2 fully saturated rings. The third kappa shape index (κ3) is 6.72. The van der Waals surface area contributed by atoms with Crippen molar-refractivity contribution in [1.82, 2.24) is 0 Å². The molecule has 5 rings (SSSR count). The molecular weight excluding hydrogens is 584 g/mol. The number of hydrogen-bond donors (Lipinski definition) is 8. The Kier molecular flexibility index (Phi) is 9.82. The first kappa shape index (κ1) is 32.2. The Bertz CT molecular complexity index is 1320. The monoisotopic (exact) mass is 622 g/mol. The summed E-state index contributed by atoms with van der Waals surface area (Å²) in [4.78, 5) is 12.9. The maximum atomic E-state index is 12.9. The van der Waals surface area contributed by atoms with Crippen LogP contribution in [0.3, 0.4) is 0 Å². The van der Waals surface area contributed by atoms with Crippen molar-refractivity contribution in [3.63, 3.8) is 0 Å². The van der Waals surface area contributed by atoms with Gasteiger partial charge in [0.15, 0.2) is 17.3 Å². The van der Waals surface area contributed by atoms with Crippen LogP contribution in [0.2, 0.25) is 0 Å². The van der Waals surface area contributed by atoms with Crippen molar-refractivity contribution in [2.75, 3.05) is 13.2 Å². The summed E-state index contributed by atoms with van der Waals surface area (Å²) in [5, 5.41) is 82.4. The van der Waals surface area contributed by atoms with E-state index in [1.54, 1.807) is 0 Å². The number of hydrogen-bond acceptors (Lipinski definition) is 14. The Morgan fingerprint density at radius 2 is 1.66 bits per heavy atom. The molecule has 0 spiro atoms. The summed E-state index contributed by atoms with van der Waals surface area (Å²) in [7, 11) is 0. The Hall–Kier alpha value is -3.21. The van der Waals surface area contributed by atoms with Crippen LogP contribution in [0, 0.1) is 0 Å². The van der Waals surface area contributed by atoms with Gasteiger partial charge in [-0.3, -0.25) is 4.79 Å². The lowest BCUT2D eigenvalue weighted by molar-refractivity contribution is -0.293. The van der Waals surface area contributed by atoms with Gasteiger partial charge in [-0.1, -0.05) is 6.07 Å². The topological polar surface area (TPSA) is 225 Å². The van der Waals surface area contributed by atoms with Gasteiger partial charge in [0.2, 0.25) is 6.29 Å². The Labute approximate surface area is 252 Å². The molecule has 2 saturated heterocycles. The van der Waals surface area contributed by atoms with Crippen LogP contribution in [0.5, 0.6) is 28.7 Å². The predicted octanol–water partition coefficient (Wildman–Crippen LogP) is 0.392. The van der Waals surface area contributed by atoms with Gasteiger partial charge in [0.1, 0.15) is 65.5 Å². The highest BCUT2D eigenvalue weighted by Gasteiger charge is 2.47. The number of aliphatic hydroxyl groups excluding tert-OH is 5. The maximum Gasteiger partial charge on any atom is 0.229 e. The Morgan fingerprint density at radius 3 is 2.39 bits per heavy atom. The van der Waals surface area contributed by atoms with Crippen LogP contribution in [0.4, 0.5) is 0 Å². The fourth-order valence-corrected chi connectivity index (χ4v) is 5.70. The van der Waals surface area contributed by atoms with Gasteiger partial charge in [-0.05, 0) is 43.9 Å². The molecule has 0 unspecified atom stereocenters. The number of carbonyl (C=O) groups excluding carboxylic acids is 1. The van der Waals surface area contributed by atoms with Crippen LogP contribution >= 0.6 is 0 Å². The van der Waals surface area contributed by atoms with Crippen LogP contribution in [0.25, 0.3) is 0 Å². The van der Waals surface area contributed by atoms with Crippen LogP contribution in [0.15, 0.2) is 30.3 Å². The zero-order valence-electron chi connectivity index (χ0n) is 23.9. The second-order valence-corrected chi connectivity index (χ2v) is 11.4. The average Bonchev–Trinajstić information content (AvgIpc) is 2.98. The van der Waals surface area contributed by atoms with Gasteiger partial charge in [-0.2, -0.15) is 0 Å². The molecular formula is C30H38O14. The lowest BCUT2D eigenvalue weighted by atomic mass is 9.95. The largest absolute Gasteiger partial charge is 0.507 e. The van der Waals surface area contributed by atoms with Crippen LogP contribution in [0.1, 0.15) is 54.6 Å². The van der Waals surface area contributed by atoms with Crippen molar-refractivity contribution in [2.24, 2.45) is 0 Å². The highest BCUT2D eigenvalue weighted by molar-refractivity contribution is 6.02.